The zero-order valence-electron chi connectivity index (χ0n) is 9.40. The highest BCUT2D eigenvalue weighted by Crippen LogP contribution is 2.14. The molecule has 0 saturated carbocycles. The molecule has 16 heavy (non-hydrogen) atoms. The summed E-state index contributed by atoms with van der Waals surface area (Å²) in [6.07, 6.45) is 1.73. The lowest BCUT2D eigenvalue weighted by molar-refractivity contribution is 0.0955. The zero-order chi connectivity index (χ0) is 11.5. The molecule has 0 aliphatic rings. The van der Waals surface area contributed by atoms with Gasteiger partial charge in [0.05, 0.1) is 11.6 Å². The van der Waals surface area contributed by atoms with E-state index in [9.17, 15) is 4.79 Å². The molecule has 1 aromatic carbocycles. The van der Waals surface area contributed by atoms with Gasteiger partial charge >= 0.3 is 0 Å². The summed E-state index contributed by atoms with van der Waals surface area (Å²) in [5.41, 5.74) is 1.56. The maximum Gasteiger partial charge on any atom is 0.179 e. The van der Waals surface area contributed by atoms with E-state index in [4.69, 9.17) is 0 Å². The monoisotopic (exact) mass is 214 g/mol. The number of carbonyl (C=O) groups excluding carboxylic acids is 1. The van der Waals surface area contributed by atoms with Crippen molar-refractivity contribution >= 4 is 16.7 Å². The van der Waals surface area contributed by atoms with E-state index >= 15 is 0 Å². The predicted molar refractivity (Wildman–Crippen MR) is 64.6 cm³/mol. The summed E-state index contributed by atoms with van der Waals surface area (Å²) < 4.78 is 0. The van der Waals surface area contributed by atoms with E-state index < -0.39 is 0 Å². The molecule has 3 heteroatoms. The minimum absolute atomic E-state index is 0.0926. The van der Waals surface area contributed by atoms with Crippen LogP contribution in [-0.2, 0) is 0 Å². The van der Waals surface area contributed by atoms with Gasteiger partial charge in [-0.1, -0.05) is 18.2 Å². The molecule has 1 aromatic heterocycles. The largest absolute Gasteiger partial charge is 0.310 e. The predicted octanol–water partition coefficient (Wildman–Crippen LogP) is 2.03. The number of fused-ring (bicyclic) bond motifs is 1. The molecular formula is C13H14N2O. The summed E-state index contributed by atoms with van der Waals surface area (Å²) in [5, 5.41) is 3.99. The van der Waals surface area contributed by atoms with Gasteiger partial charge < -0.3 is 5.32 Å². The van der Waals surface area contributed by atoms with Gasteiger partial charge in [-0.15, -0.1) is 0 Å². The molecule has 0 amide bonds. The number of hydrogen-bond acceptors (Lipinski definition) is 3. The third kappa shape index (κ3) is 1.95. The Morgan fingerprint density at radius 2 is 2.19 bits per heavy atom. The number of pyridine rings is 1. The molecule has 0 aliphatic heterocycles. The maximum atomic E-state index is 11.9. The molecule has 0 radical (unpaired) electrons. The van der Waals surface area contributed by atoms with Crippen LogP contribution in [0.15, 0.2) is 36.5 Å². The van der Waals surface area contributed by atoms with Crippen LogP contribution in [0.5, 0.6) is 0 Å². The first-order chi connectivity index (χ1) is 7.72. The van der Waals surface area contributed by atoms with Gasteiger partial charge in [0.1, 0.15) is 0 Å². The lowest BCUT2D eigenvalue weighted by Crippen LogP contribution is -2.30. The number of benzene rings is 1. The van der Waals surface area contributed by atoms with Gasteiger partial charge in [0.25, 0.3) is 0 Å². The fraction of sp³-hybridized carbons (Fsp3) is 0.231. The number of likely N-dealkylation sites (N-methyl/N-ethyl adjacent to an activating group) is 1. The molecule has 0 aliphatic carbocycles. The lowest BCUT2D eigenvalue weighted by atomic mass is 10.0. The van der Waals surface area contributed by atoms with E-state index in [0.717, 1.165) is 10.9 Å². The summed E-state index contributed by atoms with van der Waals surface area (Å²) in [7, 11) is 1.78. The number of rotatable bonds is 3. The van der Waals surface area contributed by atoms with Crippen molar-refractivity contribution in [2.24, 2.45) is 0 Å². The van der Waals surface area contributed by atoms with Crippen molar-refractivity contribution in [1.29, 1.82) is 0 Å². The number of carbonyl (C=O) groups is 1. The third-order valence-corrected chi connectivity index (χ3v) is 2.72. The van der Waals surface area contributed by atoms with Crippen molar-refractivity contribution < 1.29 is 4.79 Å². The van der Waals surface area contributed by atoms with Crippen LogP contribution in [0.2, 0.25) is 0 Å². The Morgan fingerprint density at radius 1 is 1.38 bits per heavy atom. The highest BCUT2D eigenvalue weighted by atomic mass is 16.1. The molecule has 0 fully saturated rings. The minimum Gasteiger partial charge on any atom is -0.310 e. The number of nitrogens with zero attached hydrogens (tertiary/aromatic N) is 1. The van der Waals surface area contributed by atoms with Crippen LogP contribution in [0.4, 0.5) is 0 Å². The molecule has 2 aromatic rings. The Morgan fingerprint density at radius 3 is 2.94 bits per heavy atom. The van der Waals surface area contributed by atoms with Crippen LogP contribution in [0, 0.1) is 0 Å². The molecule has 0 saturated heterocycles. The highest BCUT2D eigenvalue weighted by molar-refractivity contribution is 6.02. The van der Waals surface area contributed by atoms with E-state index in [1.807, 2.05) is 37.3 Å². The first-order valence-electron chi connectivity index (χ1n) is 5.28. The van der Waals surface area contributed by atoms with Gasteiger partial charge in [0.15, 0.2) is 5.78 Å². The van der Waals surface area contributed by atoms with E-state index in [2.05, 4.69) is 10.3 Å². The van der Waals surface area contributed by atoms with Crippen molar-refractivity contribution in [3.63, 3.8) is 0 Å². The Kier molecular flexibility index (Phi) is 2.97. The third-order valence-electron chi connectivity index (χ3n) is 2.72. The van der Waals surface area contributed by atoms with Gasteiger partial charge in [-0.25, -0.2) is 0 Å². The van der Waals surface area contributed by atoms with E-state index in [-0.39, 0.29) is 11.8 Å². The topological polar surface area (TPSA) is 42.0 Å². The molecule has 3 nitrogen and oxygen atoms in total. The van der Waals surface area contributed by atoms with Crippen molar-refractivity contribution in [3.05, 3.63) is 42.1 Å². The smallest absolute Gasteiger partial charge is 0.179 e. The van der Waals surface area contributed by atoms with Gasteiger partial charge in [-0.2, -0.15) is 0 Å². The fourth-order valence-corrected chi connectivity index (χ4v) is 1.60. The molecule has 82 valence electrons. The zero-order valence-corrected chi connectivity index (χ0v) is 9.40. The Balaban J connectivity index is 2.43. The fourth-order valence-electron chi connectivity index (χ4n) is 1.60. The Hall–Kier alpha value is -1.74. The normalized spacial score (nSPS) is 12.6. The van der Waals surface area contributed by atoms with Crippen molar-refractivity contribution in [3.8, 4) is 0 Å². The summed E-state index contributed by atoms with van der Waals surface area (Å²) >= 11 is 0. The number of Topliss-reactive ketones (excluding diaryl/α,β-unsaturated/α-hetero) is 1. The Bertz CT molecular complexity index is 522. The van der Waals surface area contributed by atoms with Crippen LogP contribution in [-0.4, -0.2) is 23.9 Å². The molecule has 1 heterocycles. The van der Waals surface area contributed by atoms with Crippen molar-refractivity contribution in [2.45, 2.75) is 13.0 Å². The molecule has 0 spiro atoms. The van der Waals surface area contributed by atoms with E-state index in [0.29, 0.717) is 5.56 Å². The lowest BCUT2D eigenvalue weighted by Gasteiger charge is -2.09. The highest BCUT2D eigenvalue weighted by Gasteiger charge is 2.13. The van der Waals surface area contributed by atoms with Gasteiger partial charge in [0.2, 0.25) is 0 Å². The van der Waals surface area contributed by atoms with Crippen molar-refractivity contribution in [2.75, 3.05) is 7.05 Å². The summed E-state index contributed by atoms with van der Waals surface area (Å²) in [6.45, 7) is 1.85. The van der Waals surface area contributed by atoms with Crippen LogP contribution in [0.25, 0.3) is 10.9 Å². The average molecular weight is 214 g/mol. The number of nitrogens with one attached hydrogen (secondary N) is 1. The standard InChI is InChI=1S/C13H14N2O/c1-9(14-2)13(16)11-6-5-10-4-3-7-15-12(10)8-11/h3-9,14H,1-2H3. The van der Waals surface area contributed by atoms with Gasteiger partial charge in [0, 0.05) is 17.1 Å². The van der Waals surface area contributed by atoms with Crippen LogP contribution in [0.1, 0.15) is 17.3 Å². The van der Waals surface area contributed by atoms with Crippen LogP contribution >= 0.6 is 0 Å². The van der Waals surface area contributed by atoms with Crippen LogP contribution in [0.3, 0.4) is 0 Å². The van der Waals surface area contributed by atoms with E-state index in [1.54, 1.807) is 13.2 Å². The minimum atomic E-state index is -0.166. The number of ketones is 1. The average Bonchev–Trinajstić information content (AvgIpc) is 2.36. The Labute approximate surface area is 94.5 Å². The summed E-state index contributed by atoms with van der Waals surface area (Å²) in [5.74, 6) is 0.0926. The quantitative estimate of drug-likeness (QED) is 0.795. The van der Waals surface area contributed by atoms with Gasteiger partial charge in [-0.05, 0) is 26.1 Å². The number of aromatic nitrogens is 1. The second-order valence-electron chi connectivity index (χ2n) is 3.79. The maximum absolute atomic E-state index is 11.9. The first-order valence-corrected chi connectivity index (χ1v) is 5.28. The molecular weight excluding hydrogens is 200 g/mol. The summed E-state index contributed by atoms with van der Waals surface area (Å²) in [4.78, 5) is 16.2. The second-order valence-corrected chi connectivity index (χ2v) is 3.79. The van der Waals surface area contributed by atoms with E-state index in [1.165, 1.54) is 0 Å². The second kappa shape index (κ2) is 4.41. The SMILES string of the molecule is CNC(C)C(=O)c1ccc2cccnc2c1. The molecule has 1 N–H and O–H groups in total. The van der Waals surface area contributed by atoms with Crippen molar-refractivity contribution in [1.82, 2.24) is 10.3 Å². The molecule has 1 atom stereocenters. The molecule has 0 bridgehead atoms. The summed E-state index contributed by atoms with van der Waals surface area (Å²) in [6, 6.07) is 9.32. The van der Waals surface area contributed by atoms with Crippen LogP contribution < -0.4 is 5.32 Å². The molecule has 2 rings (SSSR count). The first kappa shape index (κ1) is 10.8. The number of hydrogen-bond donors (Lipinski definition) is 1. The molecule has 1 unspecified atom stereocenters. The van der Waals surface area contributed by atoms with Gasteiger partial charge in [-0.3, -0.25) is 9.78 Å².